The van der Waals surface area contributed by atoms with Gasteiger partial charge >= 0.3 is 0 Å². The van der Waals surface area contributed by atoms with Crippen LogP contribution in [0.25, 0.3) is 0 Å². The molecule has 1 amide bonds. The van der Waals surface area contributed by atoms with Crippen molar-refractivity contribution in [1.29, 1.82) is 0 Å². The molecular weight excluding hydrogens is 420 g/mol. The van der Waals surface area contributed by atoms with Crippen molar-refractivity contribution in [2.24, 2.45) is 5.10 Å². The fourth-order valence-electron chi connectivity index (χ4n) is 2.55. The molecule has 0 bridgehead atoms. The van der Waals surface area contributed by atoms with Gasteiger partial charge in [-0.15, -0.1) is 6.42 Å². The molecule has 2 aromatic carbocycles. The summed E-state index contributed by atoms with van der Waals surface area (Å²) >= 11 is 6.24. The van der Waals surface area contributed by atoms with Gasteiger partial charge in [0.1, 0.15) is 6.61 Å². The minimum absolute atomic E-state index is 0.0611. The standard InChI is InChI=1S/C23H25ClN2O5/c1-5-10-30-19-9-8-17(14-20(19)29-7-3)23(27)26-25-15-16-12-18(24)22(31-11-6-2)21(13-16)28-4/h2,8-9,12-15H,5,7,10-11H2,1,3-4H3,(H,26,27)/b25-15+. The van der Waals surface area contributed by atoms with Crippen LogP contribution >= 0.6 is 11.6 Å². The van der Waals surface area contributed by atoms with E-state index in [4.69, 9.17) is 37.0 Å². The van der Waals surface area contributed by atoms with Gasteiger partial charge in [-0.2, -0.15) is 5.10 Å². The predicted molar refractivity (Wildman–Crippen MR) is 121 cm³/mol. The SMILES string of the molecule is C#CCOc1c(Cl)cc(/C=N/NC(=O)c2ccc(OCCC)c(OCC)c2)cc1OC. The molecule has 0 aliphatic rings. The summed E-state index contributed by atoms with van der Waals surface area (Å²) in [6.07, 6.45) is 7.52. The number of hydrazone groups is 1. The number of ether oxygens (including phenoxy) is 4. The van der Waals surface area contributed by atoms with E-state index in [2.05, 4.69) is 16.4 Å². The van der Waals surface area contributed by atoms with Gasteiger partial charge in [0.25, 0.3) is 5.91 Å². The Balaban J connectivity index is 2.12. The monoisotopic (exact) mass is 444 g/mol. The molecule has 0 unspecified atom stereocenters. The smallest absolute Gasteiger partial charge is 0.271 e. The third-order valence-corrected chi connectivity index (χ3v) is 4.18. The van der Waals surface area contributed by atoms with Gasteiger partial charge in [-0.05, 0) is 49.2 Å². The number of carbonyl (C=O) groups excluding carboxylic acids is 1. The number of halogens is 1. The first-order valence-electron chi connectivity index (χ1n) is 9.70. The lowest BCUT2D eigenvalue weighted by molar-refractivity contribution is 0.0954. The van der Waals surface area contributed by atoms with Crippen molar-refractivity contribution in [3.8, 4) is 35.3 Å². The highest BCUT2D eigenvalue weighted by molar-refractivity contribution is 6.32. The number of benzene rings is 2. The van der Waals surface area contributed by atoms with Crippen molar-refractivity contribution in [2.75, 3.05) is 26.9 Å². The number of terminal acetylenes is 1. The molecule has 0 saturated heterocycles. The number of amides is 1. The summed E-state index contributed by atoms with van der Waals surface area (Å²) in [6.45, 7) is 4.96. The molecule has 0 aromatic heterocycles. The van der Waals surface area contributed by atoms with Crippen LogP contribution < -0.4 is 24.4 Å². The second-order valence-corrected chi connectivity index (χ2v) is 6.58. The van der Waals surface area contributed by atoms with Crippen molar-refractivity contribution in [3.05, 3.63) is 46.5 Å². The molecule has 8 heteroatoms. The maximum absolute atomic E-state index is 12.5. The van der Waals surface area contributed by atoms with E-state index in [9.17, 15) is 4.79 Å². The van der Waals surface area contributed by atoms with Crippen LogP contribution in [0.1, 0.15) is 36.2 Å². The summed E-state index contributed by atoms with van der Waals surface area (Å²) in [4.78, 5) is 12.5. The lowest BCUT2D eigenvalue weighted by Crippen LogP contribution is -2.17. The van der Waals surface area contributed by atoms with Crippen LogP contribution in [0.5, 0.6) is 23.0 Å². The average Bonchev–Trinajstić information content (AvgIpc) is 2.77. The van der Waals surface area contributed by atoms with E-state index in [1.165, 1.54) is 13.3 Å². The van der Waals surface area contributed by atoms with Crippen molar-refractivity contribution in [2.45, 2.75) is 20.3 Å². The molecule has 164 valence electrons. The summed E-state index contributed by atoms with van der Waals surface area (Å²) in [6, 6.07) is 8.27. The normalized spacial score (nSPS) is 10.4. The molecule has 0 aliphatic carbocycles. The molecule has 0 radical (unpaired) electrons. The van der Waals surface area contributed by atoms with Crippen molar-refractivity contribution >= 4 is 23.7 Å². The van der Waals surface area contributed by atoms with E-state index in [0.29, 0.717) is 52.4 Å². The van der Waals surface area contributed by atoms with E-state index >= 15 is 0 Å². The summed E-state index contributed by atoms with van der Waals surface area (Å²) < 4.78 is 21.9. The fraction of sp³-hybridized carbons (Fsp3) is 0.304. The van der Waals surface area contributed by atoms with Gasteiger partial charge in [0.05, 0.1) is 31.6 Å². The van der Waals surface area contributed by atoms with Gasteiger partial charge in [0, 0.05) is 5.56 Å². The minimum atomic E-state index is -0.397. The van der Waals surface area contributed by atoms with Crippen molar-refractivity contribution < 1.29 is 23.7 Å². The van der Waals surface area contributed by atoms with Crippen LogP contribution in [-0.2, 0) is 0 Å². The van der Waals surface area contributed by atoms with Crippen molar-refractivity contribution in [3.63, 3.8) is 0 Å². The van der Waals surface area contributed by atoms with E-state index in [0.717, 1.165) is 6.42 Å². The first-order chi connectivity index (χ1) is 15.0. The largest absolute Gasteiger partial charge is 0.493 e. The molecule has 0 saturated carbocycles. The zero-order valence-corrected chi connectivity index (χ0v) is 18.5. The zero-order valence-electron chi connectivity index (χ0n) is 17.7. The van der Waals surface area contributed by atoms with Gasteiger partial charge in [0.15, 0.2) is 23.0 Å². The molecule has 0 atom stereocenters. The second-order valence-electron chi connectivity index (χ2n) is 6.17. The Labute approximate surface area is 187 Å². The van der Waals surface area contributed by atoms with Crippen LogP contribution in [0.3, 0.4) is 0 Å². The van der Waals surface area contributed by atoms with Crippen LogP contribution in [0, 0.1) is 12.3 Å². The number of hydrogen-bond acceptors (Lipinski definition) is 6. The summed E-state index contributed by atoms with van der Waals surface area (Å²) in [5.74, 6) is 3.82. The van der Waals surface area contributed by atoms with E-state index < -0.39 is 5.91 Å². The van der Waals surface area contributed by atoms with E-state index in [1.807, 2.05) is 13.8 Å². The molecule has 0 aliphatic heterocycles. The molecule has 1 N–H and O–H groups in total. The molecule has 31 heavy (non-hydrogen) atoms. The molecule has 0 fully saturated rings. The molecule has 0 spiro atoms. The highest BCUT2D eigenvalue weighted by atomic mass is 35.5. The highest BCUT2D eigenvalue weighted by Gasteiger charge is 2.13. The Morgan fingerprint density at radius 2 is 1.97 bits per heavy atom. The quantitative estimate of drug-likeness (QED) is 0.317. The Morgan fingerprint density at radius 3 is 2.65 bits per heavy atom. The molecule has 7 nitrogen and oxygen atoms in total. The fourth-order valence-corrected chi connectivity index (χ4v) is 2.82. The number of nitrogens with zero attached hydrogens (tertiary/aromatic N) is 1. The predicted octanol–water partition coefficient (Wildman–Crippen LogP) is 4.31. The van der Waals surface area contributed by atoms with Crippen LogP contribution in [0.15, 0.2) is 35.4 Å². The topological polar surface area (TPSA) is 78.4 Å². The number of methoxy groups -OCH3 is 1. The lowest BCUT2D eigenvalue weighted by Gasteiger charge is -2.12. The maximum atomic E-state index is 12.5. The number of nitrogens with one attached hydrogen (secondary N) is 1. The average molecular weight is 445 g/mol. The molecular formula is C23H25ClN2O5. The van der Waals surface area contributed by atoms with Crippen LogP contribution in [0.4, 0.5) is 0 Å². The van der Waals surface area contributed by atoms with Gasteiger partial charge in [-0.1, -0.05) is 24.4 Å². The number of rotatable bonds is 11. The summed E-state index contributed by atoms with van der Waals surface area (Å²) in [7, 11) is 1.49. The Kier molecular flexibility index (Phi) is 9.53. The Hall–Kier alpha value is -3.37. The molecule has 2 aromatic rings. The third kappa shape index (κ3) is 6.83. The third-order valence-electron chi connectivity index (χ3n) is 3.90. The second kappa shape index (κ2) is 12.4. The van der Waals surface area contributed by atoms with Gasteiger partial charge < -0.3 is 18.9 Å². The van der Waals surface area contributed by atoms with Gasteiger partial charge in [-0.3, -0.25) is 4.79 Å². The molecule has 0 heterocycles. The van der Waals surface area contributed by atoms with Crippen LogP contribution in [-0.4, -0.2) is 39.1 Å². The highest BCUT2D eigenvalue weighted by Crippen LogP contribution is 2.36. The van der Waals surface area contributed by atoms with E-state index in [-0.39, 0.29) is 6.61 Å². The van der Waals surface area contributed by atoms with Crippen molar-refractivity contribution in [1.82, 2.24) is 5.43 Å². The Morgan fingerprint density at radius 1 is 1.16 bits per heavy atom. The summed E-state index contributed by atoms with van der Waals surface area (Å²) in [5, 5.41) is 4.30. The zero-order chi connectivity index (χ0) is 22.6. The number of carbonyl (C=O) groups is 1. The maximum Gasteiger partial charge on any atom is 0.271 e. The number of hydrogen-bond donors (Lipinski definition) is 1. The minimum Gasteiger partial charge on any atom is -0.493 e. The van der Waals surface area contributed by atoms with Crippen LogP contribution in [0.2, 0.25) is 5.02 Å². The summed E-state index contributed by atoms with van der Waals surface area (Å²) in [5.41, 5.74) is 3.47. The van der Waals surface area contributed by atoms with Gasteiger partial charge in [0.2, 0.25) is 0 Å². The lowest BCUT2D eigenvalue weighted by atomic mass is 10.2. The van der Waals surface area contributed by atoms with Gasteiger partial charge in [-0.25, -0.2) is 5.43 Å². The Bertz CT molecular complexity index is 969. The first kappa shape index (κ1) is 23.9. The van der Waals surface area contributed by atoms with E-state index in [1.54, 1.807) is 30.3 Å². The first-order valence-corrected chi connectivity index (χ1v) is 10.1. The molecule has 2 rings (SSSR count).